The first-order valence-electron chi connectivity index (χ1n) is 11.0. The van der Waals surface area contributed by atoms with E-state index in [4.69, 9.17) is 9.73 Å². The van der Waals surface area contributed by atoms with E-state index in [0.29, 0.717) is 12.5 Å². The summed E-state index contributed by atoms with van der Waals surface area (Å²) in [6.07, 6.45) is 2.81. The van der Waals surface area contributed by atoms with E-state index >= 15 is 0 Å². The maximum atomic E-state index is 12.0. The van der Waals surface area contributed by atoms with Crippen LogP contribution in [0, 0.1) is 0 Å². The second-order valence-corrected chi connectivity index (χ2v) is 7.74. The van der Waals surface area contributed by atoms with E-state index in [9.17, 15) is 4.79 Å². The molecule has 0 aromatic carbocycles. The maximum absolute atomic E-state index is 12.0. The molecule has 2 rings (SSSR count). The van der Waals surface area contributed by atoms with Crippen LogP contribution in [-0.4, -0.2) is 91.5 Å². The van der Waals surface area contributed by atoms with E-state index in [-0.39, 0.29) is 12.5 Å². The number of ether oxygens (including phenoxy) is 1. The summed E-state index contributed by atoms with van der Waals surface area (Å²) in [6.45, 7) is 10.5. The second-order valence-electron chi connectivity index (χ2n) is 7.74. The molecule has 1 aromatic heterocycles. The molecule has 1 fully saturated rings. The second kappa shape index (κ2) is 12.5. The van der Waals surface area contributed by atoms with Gasteiger partial charge in [-0.25, -0.2) is 4.99 Å². The van der Waals surface area contributed by atoms with Crippen LogP contribution < -0.4 is 10.6 Å². The van der Waals surface area contributed by atoms with E-state index in [1.807, 2.05) is 11.7 Å². The summed E-state index contributed by atoms with van der Waals surface area (Å²) < 4.78 is 7.36. The van der Waals surface area contributed by atoms with E-state index in [1.165, 1.54) is 11.3 Å². The van der Waals surface area contributed by atoms with Gasteiger partial charge in [0, 0.05) is 52.0 Å². The van der Waals surface area contributed by atoms with Crippen molar-refractivity contribution in [1.82, 2.24) is 30.2 Å². The summed E-state index contributed by atoms with van der Waals surface area (Å²) in [7, 11) is 5.50. The Morgan fingerprint density at radius 1 is 1.20 bits per heavy atom. The zero-order valence-electron chi connectivity index (χ0n) is 19.3. The highest BCUT2D eigenvalue weighted by Crippen LogP contribution is 2.16. The molecule has 170 valence electrons. The van der Waals surface area contributed by atoms with Crippen molar-refractivity contribution in [3.05, 3.63) is 17.0 Å². The number of likely N-dealkylation sites (N-methyl/N-ethyl adjacent to an activating group) is 1. The third-order valence-electron chi connectivity index (χ3n) is 5.38. The van der Waals surface area contributed by atoms with Crippen LogP contribution in [0.15, 0.2) is 4.99 Å². The minimum Gasteiger partial charge on any atom is -0.379 e. The molecule has 2 N–H and O–H groups in total. The van der Waals surface area contributed by atoms with Gasteiger partial charge in [-0.1, -0.05) is 13.8 Å². The molecular weight excluding hydrogens is 382 g/mol. The summed E-state index contributed by atoms with van der Waals surface area (Å²) in [5.41, 5.74) is 3.50. The van der Waals surface area contributed by atoms with E-state index in [0.717, 1.165) is 64.3 Å². The maximum Gasteiger partial charge on any atom is 0.241 e. The molecule has 2 heterocycles. The van der Waals surface area contributed by atoms with Crippen LogP contribution in [0.2, 0.25) is 0 Å². The molecule has 1 amide bonds. The van der Waals surface area contributed by atoms with Gasteiger partial charge in [0.2, 0.25) is 5.91 Å². The molecule has 0 spiro atoms. The Morgan fingerprint density at radius 3 is 2.57 bits per heavy atom. The van der Waals surface area contributed by atoms with Gasteiger partial charge in [0.05, 0.1) is 32.0 Å². The smallest absolute Gasteiger partial charge is 0.241 e. The number of carbonyl (C=O) groups is 1. The molecule has 9 heteroatoms. The summed E-state index contributed by atoms with van der Waals surface area (Å²) in [6, 6.07) is 0. The number of hydrogen-bond donors (Lipinski definition) is 2. The predicted octanol–water partition coefficient (Wildman–Crippen LogP) is 0.391. The summed E-state index contributed by atoms with van der Waals surface area (Å²) in [4.78, 5) is 20.8. The number of amides is 1. The largest absolute Gasteiger partial charge is 0.379 e. The standard InChI is InChI=1S/C21H39N7O2/c1-6-18-17(19(7-2)27(5)25-18)15-23-21(24-16-20(29)26(3)4)22-9-8-10-28-11-13-30-14-12-28/h6-16H2,1-5H3,(H2,22,23,24). The van der Waals surface area contributed by atoms with Gasteiger partial charge in [0.25, 0.3) is 0 Å². The van der Waals surface area contributed by atoms with Crippen molar-refractivity contribution in [2.75, 3.05) is 60.0 Å². The molecule has 30 heavy (non-hydrogen) atoms. The zero-order valence-corrected chi connectivity index (χ0v) is 19.3. The Bertz CT molecular complexity index is 694. The highest BCUT2D eigenvalue weighted by Gasteiger charge is 2.14. The molecule has 0 atom stereocenters. The van der Waals surface area contributed by atoms with Crippen molar-refractivity contribution >= 4 is 11.9 Å². The van der Waals surface area contributed by atoms with Crippen molar-refractivity contribution in [3.8, 4) is 0 Å². The number of guanidine groups is 1. The van der Waals surface area contributed by atoms with Crippen LogP contribution in [-0.2, 0) is 36.0 Å². The van der Waals surface area contributed by atoms with Crippen LogP contribution in [0.25, 0.3) is 0 Å². The third kappa shape index (κ3) is 7.28. The fourth-order valence-electron chi connectivity index (χ4n) is 3.56. The summed E-state index contributed by atoms with van der Waals surface area (Å²) >= 11 is 0. The van der Waals surface area contributed by atoms with Crippen LogP contribution >= 0.6 is 0 Å². The molecule has 0 bridgehead atoms. The lowest BCUT2D eigenvalue weighted by Crippen LogP contribution is -2.44. The molecule has 1 aromatic rings. The first-order valence-corrected chi connectivity index (χ1v) is 11.0. The van der Waals surface area contributed by atoms with Crippen molar-refractivity contribution < 1.29 is 9.53 Å². The average Bonchev–Trinajstić information content (AvgIpc) is 3.07. The molecule has 1 aliphatic rings. The number of carbonyl (C=O) groups excluding carboxylic acids is 1. The number of morpholine rings is 1. The van der Waals surface area contributed by atoms with Gasteiger partial charge in [-0.05, 0) is 25.8 Å². The fraction of sp³-hybridized carbons (Fsp3) is 0.762. The molecule has 0 unspecified atom stereocenters. The Morgan fingerprint density at radius 2 is 1.93 bits per heavy atom. The average molecular weight is 422 g/mol. The molecule has 9 nitrogen and oxygen atoms in total. The predicted molar refractivity (Wildman–Crippen MR) is 120 cm³/mol. The quantitative estimate of drug-likeness (QED) is 0.323. The molecule has 0 radical (unpaired) electrons. The molecule has 0 aliphatic carbocycles. The Kier molecular flexibility index (Phi) is 10.1. The van der Waals surface area contributed by atoms with Crippen LogP contribution in [0.3, 0.4) is 0 Å². The van der Waals surface area contributed by atoms with Crippen molar-refractivity contribution in [3.63, 3.8) is 0 Å². The van der Waals surface area contributed by atoms with Gasteiger partial charge in [-0.3, -0.25) is 14.4 Å². The molecule has 1 saturated heterocycles. The number of nitrogens with zero attached hydrogens (tertiary/aromatic N) is 5. The lowest BCUT2D eigenvalue weighted by atomic mass is 10.1. The van der Waals surface area contributed by atoms with Gasteiger partial charge < -0.3 is 20.3 Å². The van der Waals surface area contributed by atoms with Crippen molar-refractivity contribution in [1.29, 1.82) is 0 Å². The summed E-state index contributed by atoms with van der Waals surface area (Å²) in [5.74, 6) is 0.683. The van der Waals surface area contributed by atoms with E-state index in [1.54, 1.807) is 19.0 Å². The van der Waals surface area contributed by atoms with E-state index < -0.39 is 0 Å². The number of rotatable bonds is 10. The lowest BCUT2D eigenvalue weighted by Gasteiger charge is -2.26. The Hall–Kier alpha value is -2.13. The fourth-order valence-corrected chi connectivity index (χ4v) is 3.56. The van der Waals surface area contributed by atoms with Gasteiger partial charge in [0.1, 0.15) is 0 Å². The van der Waals surface area contributed by atoms with Crippen LogP contribution in [0.1, 0.15) is 37.2 Å². The number of hydrogen-bond acceptors (Lipinski definition) is 5. The van der Waals surface area contributed by atoms with Crippen molar-refractivity contribution in [2.24, 2.45) is 12.0 Å². The van der Waals surface area contributed by atoms with E-state index in [2.05, 4.69) is 34.5 Å². The summed E-state index contributed by atoms with van der Waals surface area (Å²) in [5, 5.41) is 11.2. The van der Waals surface area contributed by atoms with Gasteiger partial charge >= 0.3 is 0 Å². The highest BCUT2D eigenvalue weighted by atomic mass is 16.5. The van der Waals surface area contributed by atoms with Crippen molar-refractivity contribution in [2.45, 2.75) is 39.7 Å². The van der Waals surface area contributed by atoms with Crippen LogP contribution in [0.5, 0.6) is 0 Å². The minimum absolute atomic E-state index is 0.0164. The highest BCUT2D eigenvalue weighted by molar-refractivity contribution is 5.86. The molecule has 0 saturated carbocycles. The Labute approximate surface area is 180 Å². The van der Waals surface area contributed by atoms with Gasteiger partial charge in [0.15, 0.2) is 5.96 Å². The SMILES string of the molecule is CCc1nn(C)c(CC)c1CN=C(NCCCN1CCOCC1)NCC(=O)N(C)C. The van der Waals surface area contributed by atoms with Gasteiger partial charge in [-0.2, -0.15) is 5.10 Å². The normalized spacial score (nSPS) is 15.3. The molecular formula is C21H39N7O2. The number of aryl methyl sites for hydroxylation is 2. The first kappa shape index (κ1) is 24.1. The van der Waals surface area contributed by atoms with Crippen LogP contribution in [0.4, 0.5) is 0 Å². The number of aromatic nitrogens is 2. The van der Waals surface area contributed by atoms with Gasteiger partial charge in [-0.15, -0.1) is 0 Å². The minimum atomic E-state index is 0.0164. The lowest BCUT2D eigenvalue weighted by molar-refractivity contribution is -0.127. The number of aliphatic imine (C=N–C) groups is 1. The molecule has 1 aliphatic heterocycles. The zero-order chi connectivity index (χ0) is 21.9. The third-order valence-corrected chi connectivity index (χ3v) is 5.38. The monoisotopic (exact) mass is 421 g/mol. The number of nitrogens with one attached hydrogen (secondary N) is 2. The topological polar surface area (TPSA) is 87.0 Å². The first-order chi connectivity index (χ1) is 14.5. The Balaban J connectivity index is 1.98.